The van der Waals surface area contributed by atoms with Crippen LogP contribution in [0.5, 0.6) is 0 Å². The Morgan fingerprint density at radius 1 is 0.853 bits per heavy atom. The standard InChI is InChI=1S/C20H12Cl3F3N2O4S2/c21-11-2-5-16(33-17-6-3-12(22)9-18(17)34(30,31)32)15(8-11)28-19(29)27-14-4-1-10(7-13(14)23)20(24,25)26/h1-9H,(H2,27,28,29)(H,30,31,32). The number of amides is 2. The molecule has 0 radical (unpaired) electrons. The molecule has 0 saturated carbocycles. The van der Waals surface area contributed by atoms with E-state index in [4.69, 9.17) is 34.8 Å². The summed E-state index contributed by atoms with van der Waals surface area (Å²) in [6, 6.07) is 9.81. The molecule has 6 nitrogen and oxygen atoms in total. The molecule has 0 unspecified atom stereocenters. The van der Waals surface area contributed by atoms with Crippen LogP contribution >= 0.6 is 46.6 Å². The summed E-state index contributed by atoms with van der Waals surface area (Å²) < 4.78 is 71.4. The third kappa shape index (κ3) is 6.71. The number of carbonyl (C=O) groups excluding carboxylic acids is 1. The Balaban J connectivity index is 1.86. The van der Waals surface area contributed by atoms with E-state index in [9.17, 15) is 30.9 Å². The molecule has 0 bridgehead atoms. The second-order valence-electron chi connectivity index (χ2n) is 6.58. The van der Waals surface area contributed by atoms with Crippen molar-refractivity contribution in [3.63, 3.8) is 0 Å². The number of benzene rings is 3. The van der Waals surface area contributed by atoms with E-state index in [0.717, 1.165) is 30.0 Å². The summed E-state index contributed by atoms with van der Waals surface area (Å²) in [7, 11) is -4.61. The van der Waals surface area contributed by atoms with Crippen molar-refractivity contribution in [2.45, 2.75) is 20.9 Å². The third-order valence-corrected chi connectivity index (χ3v) is 7.10. The van der Waals surface area contributed by atoms with Crippen LogP contribution in [-0.4, -0.2) is 19.0 Å². The summed E-state index contributed by atoms with van der Waals surface area (Å²) in [4.78, 5) is 12.5. The van der Waals surface area contributed by atoms with Crippen molar-refractivity contribution in [1.82, 2.24) is 0 Å². The van der Waals surface area contributed by atoms with Gasteiger partial charge in [0.15, 0.2) is 0 Å². The number of hydrogen-bond donors (Lipinski definition) is 3. The predicted octanol–water partition coefficient (Wildman–Crippen LogP) is 7.71. The molecule has 3 aromatic carbocycles. The molecule has 14 heteroatoms. The van der Waals surface area contributed by atoms with Crippen LogP contribution in [0.15, 0.2) is 69.3 Å². The van der Waals surface area contributed by atoms with Gasteiger partial charge in [-0.25, -0.2) is 4.79 Å². The zero-order chi connectivity index (χ0) is 25.3. The van der Waals surface area contributed by atoms with E-state index in [0.29, 0.717) is 11.0 Å². The van der Waals surface area contributed by atoms with Crippen LogP contribution in [0, 0.1) is 0 Å². The number of nitrogens with one attached hydrogen (secondary N) is 2. The van der Waals surface area contributed by atoms with Crippen LogP contribution in [0.3, 0.4) is 0 Å². The highest BCUT2D eigenvalue weighted by molar-refractivity contribution is 8.00. The summed E-state index contributed by atoms with van der Waals surface area (Å²) in [6.07, 6.45) is -4.60. The summed E-state index contributed by atoms with van der Waals surface area (Å²) in [5.74, 6) is 0. The highest BCUT2D eigenvalue weighted by atomic mass is 35.5. The molecule has 0 aliphatic carbocycles. The van der Waals surface area contributed by atoms with Gasteiger partial charge in [-0.15, -0.1) is 0 Å². The fourth-order valence-corrected chi connectivity index (χ4v) is 5.21. The molecular formula is C20H12Cl3F3N2O4S2. The lowest BCUT2D eigenvalue weighted by molar-refractivity contribution is -0.137. The average molecular weight is 572 g/mol. The summed E-state index contributed by atoms with van der Waals surface area (Å²) in [5, 5.41) is 4.81. The molecule has 0 aromatic heterocycles. The van der Waals surface area contributed by atoms with E-state index in [1.165, 1.54) is 30.3 Å². The van der Waals surface area contributed by atoms with Gasteiger partial charge in [0.1, 0.15) is 4.90 Å². The topological polar surface area (TPSA) is 95.5 Å². The van der Waals surface area contributed by atoms with Gasteiger partial charge in [0, 0.05) is 19.8 Å². The maximum absolute atomic E-state index is 12.8. The molecule has 0 aliphatic rings. The van der Waals surface area contributed by atoms with Crippen molar-refractivity contribution in [3.05, 3.63) is 75.2 Å². The van der Waals surface area contributed by atoms with Crippen molar-refractivity contribution >= 4 is 74.1 Å². The van der Waals surface area contributed by atoms with Crippen molar-refractivity contribution in [3.8, 4) is 0 Å². The molecule has 180 valence electrons. The maximum atomic E-state index is 12.8. The first kappa shape index (κ1) is 26.5. The minimum absolute atomic E-state index is 0.0743. The minimum Gasteiger partial charge on any atom is -0.307 e. The summed E-state index contributed by atoms with van der Waals surface area (Å²) >= 11 is 18.6. The normalized spacial score (nSPS) is 11.9. The van der Waals surface area contributed by atoms with Crippen molar-refractivity contribution in [1.29, 1.82) is 0 Å². The Morgan fingerprint density at radius 2 is 1.44 bits per heavy atom. The van der Waals surface area contributed by atoms with Gasteiger partial charge in [-0.05, 0) is 54.6 Å². The molecule has 0 fully saturated rings. The Hall–Kier alpha value is -2.15. The Kier molecular flexibility index (Phi) is 7.96. The second kappa shape index (κ2) is 10.2. The van der Waals surface area contributed by atoms with Gasteiger partial charge in [0.25, 0.3) is 10.1 Å². The number of alkyl halides is 3. The van der Waals surface area contributed by atoms with Crippen LogP contribution in [0.4, 0.5) is 29.3 Å². The molecule has 0 aliphatic heterocycles. The Labute approximate surface area is 211 Å². The van der Waals surface area contributed by atoms with E-state index in [2.05, 4.69) is 10.6 Å². The van der Waals surface area contributed by atoms with Crippen molar-refractivity contribution < 1.29 is 30.9 Å². The van der Waals surface area contributed by atoms with Crippen molar-refractivity contribution in [2.24, 2.45) is 0 Å². The molecule has 0 saturated heterocycles. The highest BCUT2D eigenvalue weighted by Crippen LogP contribution is 2.39. The van der Waals surface area contributed by atoms with E-state index in [1.54, 1.807) is 0 Å². The number of urea groups is 1. The minimum atomic E-state index is -4.61. The third-order valence-electron chi connectivity index (χ3n) is 4.14. The second-order valence-corrected chi connectivity index (χ2v) is 10.3. The molecule has 3 rings (SSSR count). The fraction of sp³-hybridized carbons (Fsp3) is 0.0500. The SMILES string of the molecule is O=C(Nc1ccc(C(F)(F)F)cc1Cl)Nc1cc(Cl)ccc1Sc1ccc(Cl)cc1S(=O)(=O)O. The van der Waals surface area contributed by atoms with Gasteiger partial charge in [0.2, 0.25) is 0 Å². The Bertz CT molecular complexity index is 1370. The van der Waals surface area contributed by atoms with Crippen LogP contribution < -0.4 is 10.6 Å². The maximum Gasteiger partial charge on any atom is 0.416 e. The number of hydrogen-bond acceptors (Lipinski definition) is 4. The van der Waals surface area contributed by atoms with Crippen LogP contribution in [0.25, 0.3) is 0 Å². The zero-order valence-electron chi connectivity index (χ0n) is 16.5. The smallest absolute Gasteiger partial charge is 0.307 e. The van der Waals surface area contributed by atoms with Crippen LogP contribution in [-0.2, 0) is 16.3 Å². The first-order valence-electron chi connectivity index (χ1n) is 8.93. The number of rotatable bonds is 5. The molecule has 0 spiro atoms. The lowest BCUT2D eigenvalue weighted by atomic mass is 10.2. The van der Waals surface area contributed by atoms with Crippen LogP contribution in [0.1, 0.15) is 5.56 Å². The number of halogens is 6. The predicted molar refractivity (Wildman–Crippen MR) is 126 cm³/mol. The summed E-state index contributed by atoms with van der Waals surface area (Å²) in [5.41, 5.74) is -0.904. The Morgan fingerprint density at radius 3 is 2.03 bits per heavy atom. The highest BCUT2D eigenvalue weighted by Gasteiger charge is 2.31. The lowest BCUT2D eigenvalue weighted by Gasteiger charge is -2.15. The molecule has 3 aromatic rings. The van der Waals surface area contributed by atoms with E-state index < -0.39 is 32.8 Å². The molecule has 0 atom stereocenters. The summed E-state index contributed by atoms with van der Waals surface area (Å²) in [6.45, 7) is 0. The lowest BCUT2D eigenvalue weighted by Crippen LogP contribution is -2.20. The van der Waals surface area contributed by atoms with Crippen LogP contribution in [0.2, 0.25) is 15.1 Å². The average Bonchev–Trinajstić information content (AvgIpc) is 2.71. The quantitative estimate of drug-likeness (QED) is 0.273. The van der Waals surface area contributed by atoms with Gasteiger partial charge in [-0.3, -0.25) is 4.55 Å². The largest absolute Gasteiger partial charge is 0.416 e. The van der Waals surface area contributed by atoms with Gasteiger partial charge in [0.05, 0.1) is 22.0 Å². The van der Waals surface area contributed by atoms with E-state index >= 15 is 0 Å². The fourth-order valence-electron chi connectivity index (χ4n) is 2.64. The first-order chi connectivity index (χ1) is 15.7. The van der Waals surface area contributed by atoms with Gasteiger partial charge >= 0.3 is 12.2 Å². The van der Waals surface area contributed by atoms with Crippen molar-refractivity contribution in [2.75, 3.05) is 10.6 Å². The molecule has 2 amide bonds. The zero-order valence-corrected chi connectivity index (χ0v) is 20.4. The van der Waals surface area contributed by atoms with Gasteiger partial charge in [-0.2, -0.15) is 21.6 Å². The van der Waals surface area contributed by atoms with E-state index in [-0.39, 0.29) is 31.3 Å². The van der Waals surface area contributed by atoms with Gasteiger partial charge < -0.3 is 10.6 Å². The number of carbonyl (C=O) groups is 1. The molecule has 0 heterocycles. The van der Waals surface area contributed by atoms with Gasteiger partial charge in [-0.1, -0.05) is 46.6 Å². The first-order valence-corrected chi connectivity index (χ1v) is 12.3. The van der Waals surface area contributed by atoms with E-state index in [1.807, 2.05) is 0 Å². The number of anilines is 2. The molecule has 3 N–H and O–H groups in total. The molecular weight excluding hydrogens is 560 g/mol. The molecule has 34 heavy (non-hydrogen) atoms. The monoisotopic (exact) mass is 570 g/mol.